The average molecular weight is 384 g/mol. The zero-order valence-corrected chi connectivity index (χ0v) is 15.8. The predicted octanol–water partition coefficient (Wildman–Crippen LogP) is 4.15. The van der Waals surface area contributed by atoms with Gasteiger partial charge in [-0.3, -0.25) is 0 Å². The highest BCUT2D eigenvalue weighted by molar-refractivity contribution is 6.34. The highest BCUT2D eigenvalue weighted by Gasteiger charge is 2.19. The van der Waals surface area contributed by atoms with E-state index in [-0.39, 0.29) is 6.04 Å². The first-order valence-corrected chi connectivity index (χ1v) is 8.93. The number of nitrogens with one attached hydrogen (secondary N) is 1. The fourth-order valence-electron chi connectivity index (χ4n) is 2.79. The second-order valence-corrected chi connectivity index (χ2v) is 6.90. The Labute approximate surface area is 160 Å². The van der Waals surface area contributed by atoms with E-state index in [1.165, 1.54) is 12.7 Å². The van der Waals surface area contributed by atoms with E-state index in [0.29, 0.717) is 34.2 Å². The fraction of sp³-hybridized carbons (Fsp3) is 0.278. The first-order chi connectivity index (χ1) is 13.0. The molecule has 0 aliphatic rings. The van der Waals surface area contributed by atoms with Crippen molar-refractivity contribution < 1.29 is 4.42 Å². The van der Waals surface area contributed by atoms with Gasteiger partial charge in [-0.05, 0) is 30.5 Å². The normalized spacial score (nSPS) is 12.6. The quantitative estimate of drug-likeness (QED) is 0.553. The maximum atomic E-state index is 6.36. The van der Waals surface area contributed by atoms with Crippen LogP contribution in [0.2, 0.25) is 5.02 Å². The number of oxazole rings is 1. The Bertz CT molecular complexity index is 1070. The largest absolute Gasteiger partial charge is 0.422 e. The van der Waals surface area contributed by atoms with Crippen LogP contribution in [0.25, 0.3) is 16.9 Å². The Morgan fingerprint density at radius 2 is 2.00 bits per heavy atom. The molecule has 0 bridgehead atoms. The van der Waals surface area contributed by atoms with Crippen LogP contribution >= 0.6 is 11.6 Å². The van der Waals surface area contributed by atoms with Crippen molar-refractivity contribution in [1.82, 2.24) is 29.7 Å². The van der Waals surface area contributed by atoms with Crippen molar-refractivity contribution in [3.05, 3.63) is 53.5 Å². The molecule has 0 saturated heterocycles. The van der Waals surface area contributed by atoms with Gasteiger partial charge in [0.15, 0.2) is 17.2 Å². The van der Waals surface area contributed by atoms with E-state index in [1.807, 2.05) is 19.1 Å². The van der Waals surface area contributed by atoms with E-state index in [4.69, 9.17) is 16.0 Å². The average Bonchev–Trinajstić information content (AvgIpc) is 3.29. The van der Waals surface area contributed by atoms with Crippen LogP contribution in [-0.4, -0.2) is 29.7 Å². The van der Waals surface area contributed by atoms with E-state index < -0.39 is 0 Å². The van der Waals surface area contributed by atoms with Crippen molar-refractivity contribution >= 4 is 28.7 Å². The standard InChI is InChI=1S/C18H18ClN7O/c1-10(2)12-6-13(19)16-14(7-12)25-18(27-16)24-11(3)17-22-9-23-26(17)15-4-5-20-8-21-15/h4-11H,1-3H3,(H,24,25)/t11-/m0/s1. The summed E-state index contributed by atoms with van der Waals surface area (Å²) in [5, 5.41) is 8.01. The molecule has 4 aromatic rings. The number of nitrogens with zero attached hydrogens (tertiary/aromatic N) is 6. The number of anilines is 1. The number of benzene rings is 1. The Morgan fingerprint density at radius 1 is 1.15 bits per heavy atom. The molecule has 0 aliphatic heterocycles. The highest BCUT2D eigenvalue weighted by Crippen LogP contribution is 2.31. The lowest BCUT2D eigenvalue weighted by molar-refractivity contribution is 0.594. The summed E-state index contributed by atoms with van der Waals surface area (Å²) < 4.78 is 7.46. The third-order valence-corrected chi connectivity index (χ3v) is 4.50. The van der Waals surface area contributed by atoms with Gasteiger partial charge in [-0.1, -0.05) is 25.4 Å². The van der Waals surface area contributed by atoms with Crippen LogP contribution < -0.4 is 5.32 Å². The minimum Gasteiger partial charge on any atom is -0.422 e. The lowest BCUT2D eigenvalue weighted by Gasteiger charge is -2.12. The molecule has 0 amide bonds. The summed E-state index contributed by atoms with van der Waals surface area (Å²) in [5.41, 5.74) is 2.40. The Kier molecular flexibility index (Phi) is 4.49. The molecule has 3 heterocycles. The molecule has 1 atom stereocenters. The zero-order valence-electron chi connectivity index (χ0n) is 15.1. The SMILES string of the molecule is CC(C)c1cc(Cl)c2oc(N[C@@H](C)c3ncnn3-c3ccncn3)nc2c1. The summed E-state index contributed by atoms with van der Waals surface area (Å²) >= 11 is 6.36. The first-order valence-electron chi connectivity index (χ1n) is 8.55. The summed E-state index contributed by atoms with van der Waals surface area (Å²) in [6.45, 7) is 6.16. The lowest BCUT2D eigenvalue weighted by atomic mass is 10.0. The number of rotatable bonds is 5. The second kappa shape index (κ2) is 6.96. The zero-order chi connectivity index (χ0) is 19.0. The van der Waals surface area contributed by atoms with Crippen molar-refractivity contribution in [2.24, 2.45) is 0 Å². The molecule has 0 radical (unpaired) electrons. The topological polar surface area (TPSA) is 94.6 Å². The molecule has 0 fully saturated rings. The van der Waals surface area contributed by atoms with Crippen molar-refractivity contribution in [2.75, 3.05) is 5.32 Å². The predicted molar refractivity (Wildman–Crippen MR) is 102 cm³/mol. The van der Waals surface area contributed by atoms with Gasteiger partial charge in [0.25, 0.3) is 6.01 Å². The molecule has 8 nitrogen and oxygen atoms in total. The van der Waals surface area contributed by atoms with E-state index in [2.05, 4.69) is 44.2 Å². The summed E-state index contributed by atoms with van der Waals surface area (Å²) in [4.78, 5) is 17.0. The van der Waals surface area contributed by atoms with Gasteiger partial charge in [0, 0.05) is 12.3 Å². The number of hydrogen-bond acceptors (Lipinski definition) is 7. The monoisotopic (exact) mass is 383 g/mol. The van der Waals surface area contributed by atoms with E-state index in [9.17, 15) is 0 Å². The third kappa shape index (κ3) is 3.35. The van der Waals surface area contributed by atoms with Crippen LogP contribution in [0.5, 0.6) is 0 Å². The molecule has 9 heteroatoms. The molecule has 0 saturated carbocycles. The van der Waals surface area contributed by atoms with Crippen LogP contribution in [0, 0.1) is 0 Å². The van der Waals surface area contributed by atoms with Crippen LogP contribution in [-0.2, 0) is 0 Å². The minimum atomic E-state index is -0.223. The van der Waals surface area contributed by atoms with Gasteiger partial charge >= 0.3 is 0 Å². The molecule has 1 N–H and O–H groups in total. The molecule has 138 valence electrons. The Hall–Kier alpha value is -3.00. The van der Waals surface area contributed by atoms with Crippen LogP contribution in [0.4, 0.5) is 6.01 Å². The molecule has 0 spiro atoms. The van der Waals surface area contributed by atoms with E-state index in [1.54, 1.807) is 16.9 Å². The van der Waals surface area contributed by atoms with Crippen LogP contribution in [0.1, 0.15) is 44.1 Å². The molecule has 0 unspecified atom stereocenters. The lowest BCUT2D eigenvalue weighted by Crippen LogP contribution is -2.14. The number of aromatic nitrogens is 6. The summed E-state index contributed by atoms with van der Waals surface area (Å²) in [7, 11) is 0. The summed E-state index contributed by atoms with van der Waals surface area (Å²) in [5.74, 6) is 1.66. The smallest absolute Gasteiger partial charge is 0.296 e. The van der Waals surface area contributed by atoms with Gasteiger partial charge < -0.3 is 9.73 Å². The maximum absolute atomic E-state index is 6.36. The van der Waals surface area contributed by atoms with Gasteiger partial charge in [0.1, 0.15) is 18.2 Å². The van der Waals surface area contributed by atoms with Gasteiger partial charge in [-0.25, -0.2) is 15.0 Å². The molecule has 27 heavy (non-hydrogen) atoms. The van der Waals surface area contributed by atoms with E-state index in [0.717, 1.165) is 11.1 Å². The maximum Gasteiger partial charge on any atom is 0.296 e. The van der Waals surface area contributed by atoms with Crippen molar-refractivity contribution in [3.63, 3.8) is 0 Å². The van der Waals surface area contributed by atoms with Gasteiger partial charge in [0.2, 0.25) is 0 Å². The van der Waals surface area contributed by atoms with Crippen molar-refractivity contribution in [2.45, 2.75) is 32.7 Å². The number of halogens is 1. The Balaban J connectivity index is 1.63. The van der Waals surface area contributed by atoms with Crippen LogP contribution in [0.3, 0.4) is 0 Å². The number of hydrogen-bond donors (Lipinski definition) is 1. The molecule has 3 aromatic heterocycles. The summed E-state index contributed by atoms with van der Waals surface area (Å²) in [6, 6.07) is 5.82. The minimum absolute atomic E-state index is 0.223. The molecular weight excluding hydrogens is 366 g/mol. The highest BCUT2D eigenvalue weighted by atomic mass is 35.5. The first kappa shape index (κ1) is 17.4. The van der Waals surface area contributed by atoms with Crippen molar-refractivity contribution in [1.29, 1.82) is 0 Å². The second-order valence-electron chi connectivity index (χ2n) is 6.49. The molecule has 4 rings (SSSR count). The van der Waals surface area contributed by atoms with Gasteiger partial charge in [-0.2, -0.15) is 14.8 Å². The molecule has 0 aliphatic carbocycles. The van der Waals surface area contributed by atoms with Gasteiger partial charge in [-0.15, -0.1) is 0 Å². The van der Waals surface area contributed by atoms with Gasteiger partial charge in [0.05, 0.1) is 11.1 Å². The fourth-order valence-corrected chi connectivity index (χ4v) is 3.05. The molecular formula is C18H18ClN7O. The summed E-state index contributed by atoms with van der Waals surface area (Å²) in [6.07, 6.45) is 4.60. The van der Waals surface area contributed by atoms with Crippen LogP contribution in [0.15, 0.2) is 41.5 Å². The molecule has 1 aromatic carbocycles. The third-order valence-electron chi connectivity index (χ3n) is 4.22. The van der Waals surface area contributed by atoms with E-state index >= 15 is 0 Å². The Morgan fingerprint density at radius 3 is 2.74 bits per heavy atom. The number of fused-ring (bicyclic) bond motifs is 1. The van der Waals surface area contributed by atoms with Crippen molar-refractivity contribution in [3.8, 4) is 5.82 Å².